The molecule has 0 bridgehead atoms. The molecule has 0 heterocycles. The lowest BCUT2D eigenvalue weighted by molar-refractivity contribution is 0.108. The monoisotopic (exact) mass is 492 g/mol. The van der Waals surface area contributed by atoms with E-state index in [2.05, 4.69) is 19.9 Å². The molecule has 0 aliphatic heterocycles. The molecular formula is C26H37O7P. The number of rotatable bonds is 15. The van der Waals surface area contributed by atoms with Gasteiger partial charge in [-0.1, -0.05) is 6.07 Å². The van der Waals surface area contributed by atoms with E-state index in [9.17, 15) is 4.79 Å². The predicted octanol–water partition coefficient (Wildman–Crippen LogP) is 4.14. The minimum atomic E-state index is -0.189. The van der Waals surface area contributed by atoms with Gasteiger partial charge >= 0.3 is 0 Å². The zero-order valence-electron chi connectivity index (χ0n) is 21.3. The highest BCUT2D eigenvalue weighted by Gasteiger charge is 2.22. The number of methoxy groups -OCH3 is 3. The van der Waals surface area contributed by atoms with Crippen LogP contribution in [0.25, 0.3) is 0 Å². The molecule has 0 aliphatic rings. The van der Waals surface area contributed by atoms with Crippen LogP contribution in [-0.4, -0.2) is 66.5 Å². The summed E-state index contributed by atoms with van der Waals surface area (Å²) < 4.78 is 33.2. The van der Waals surface area contributed by atoms with Crippen LogP contribution in [0.3, 0.4) is 0 Å². The second kappa shape index (κ2) is 14.3. The molecule has 7 nitrogen and oxygen atoms in total. The van der Waals surface area contributed by atoms with Crippen molar-refractivity contribution in [2.45, 2.75) is 27.7 Å². The quantitative estimate of drug-likeness (QED) is 0.273. The normalized spacial score (nSPS) is 11.3. The summed E-state index contributed by atoms with van der Waals surface area (Å²) in [5.41, 5.74) is 5.10. The van der Waals surface area contributed by atoms with Crippen molar-refractivity contribution in [2.24, 2.45) is 0 Å². The third-order valence-electron chi connectivity index (χ3n) is 5.51. The number of hydrogen-bond acceptors (Lipinski definition) is 7. The summed E-state index contributed by atoms with van der Waals surface area (Å²) in [6.07, 6.45) is 0. The van der Waals surface area contributed by atoms with Crippen LogP contribution in [0.5, 0.6) is 17.2 Å². The zero-order chi connectivity index (χ0) is 25.1. The standard InChI is InChI=1S/C26H37O7P/c1-17-14-18(2)24(20(4)19(17)3)26(27)34-25-22(32-12-9-29-6)15-21(31-11-8-28-5)16-23(25)33-13-10-30-7/h14-16,34H,8-13H2,1-7H3. The minimum absolute atomic E-state index is 0.0411. The molecule has 0 spiro atoms. The Bertz CT molecular complexity index is 928. The number of benzene rings is 2. The van der Waals surface area contributed by atoms with E-state index in [1.807, 2.05) is 13.8 Å². The molecule has 1 atom stereocenters. The Kier molecular flexibility index (Phi) is 11.8. The lowest BCUT2D eigenvalue weighted by Crippen LogP contribution is -2.17. The van der Waals surface area contributed by atoms with Gasteiger partial charge in [0.1, 0.15) is 37.1 Å². The van der Waals surface area contributed by atoms with Crippen LogP contribution in [0, 0.1) is 27.7 Å². The fourth-order valence-corrected chi connectivity index (χ4v) is 4.79. The first kappa shape index (κ1) is 28.1. The van der Waals surface area contributed by atoms with Gasteiger partial charge in [-0.15, -0.1) is 0 Å². The highest BCUT2D eigenvalue weighted by Crippen LogP contribution is 2.36. The molecule has 0 saturated heterocycles. The average Bonchev–Trinajstić information content (AvgIpc) is 2.80. The summed E-state index contributed by atoms with van der Waals surface area (Å²) in [6, 6.07) is 5.66. The van der Waals surface area contributed by atoms with Crippen molar-refractivity contribution >= 4 is 19.4 Å². The molecule has 8 heteroatoms. The second-order valence-electron chi connectivity index (χ2n) is 7.91. The van der Waals surface area contributed by atoms with E-state index < -0.39 is 0 Å². The first-order valence-electron chi connectivity index (χ1n) is 11.3. The van der Waals surface area contributed by atoms with Crippen molar-refractivity contribution in [2.75, 3.05) is 61.0 Å². The van der Waals surface area contributed by atoms with Gasteiger partial charge in [-0.05, 0) is 58.5 Å². The number of ether oxygens (including phenoxy) is 6. The fourth-order valence-electron chi connectivity index (χ4n) is 3.52. The predicted molar refractivity (Wildman–Crippen MR) is 136 cm³/mol. The Balaban J connectivity index is 2.48. The van der Waals surface area contributed by atoms with Gasteiger partial charge < -0.3 is 28.4 Å². The first-order valence-corrected chi connectivity index (χ1v) is 12.3. The van der Waals surface area contributed by atoms with Crippen LogP contribution >= 0.6 is 8.58 Å². The fraction of sp³-hybridized carbons (Fsp3) is 0.500. The van der Waals surface area contributed by atoms with Crippen molar-refractivity contribution in [1.29, 1.82) is 0 Å². The van der Waals surface area contributed by atoms with Gasteiger partial charge in [0.15, 0.2) is 5.52 Å². The van der Waals surface area contributed by atoms with Crippen molar-refractivity contribution in [1.82, 2.24) is 0 Å². The smallest absolute Gasteiger partial charge is 0.186 e. The van der Waals surface area contributed by atoms with Crippen LogP contribution in [-0.2, 0) is 14.2 Å². The SMILES string of the molecule is COCCOc1cc(OCCOC)c(PC(=O)c2c(C)cc(C)c(C)c2C)c(OCCOC)c1. The molecule has 0 amide bonds. The van der Waals surface area contributed by atoms with Gasteiger partial charge in [-0.2, -0.15) is 0 Å². The Labute approximate surface area is 204 Å². The van der Waals surface area contributed by atoms with Crippen LogP contribution in [0.2, 0.25) is 0 Å². The van der Waals surface area contributed by atoms with Gasteiger partial charge in [0.2, 0.25) is 0 Å². The number of carbonyl (C=O) groups excluding carboxylic acids is 1. The molecule has 0 radical (unpaired) electrons. The van der Waals surface area contributed by atoms with Gasteiger partial charge in [-0.25, -0.2) is 0 Å². The lowest BCUT2D eigenvalue weighted by Gasteiger charge is -2.19. The second-order valence-corrected chi connectivity index (χ2v) is 9.11. The molecule has 2 aromatic rings. The van der Waals surface area contributed by atoms with E-state index >= 15 is 0 Å². The van der Waals surface area contributed by atoms with Crippen molar-refractivity contribution in [3.8, 4) is 17.2 Å². The van der Waals surface area contributed by atoms with Crippen molar-refractivity contribution in [3.05, 3.63) is 46.0 Å². The number of aryl methyl sites for hydroxylation is 2. The van der Waals surface area contributed by atoms with E-state index in [0.29, 0.717) is 62.2 Å². The summed E-state index contributed by atoms with van der Waals surface area (Å²) in [6.45, 7) is 10.4. The summed E-state index contributed by atoms with van der Waals surface area (Å²) in [4.78, 5) is 13.6. The van der Waals surface area contributed by atoms with E-state index in [-0.39, 0.29) is 14.1 Å². The topological polar surface area (TPSA) is 72.5 Å². The maximum Gasteiger partial charge on any atom is 0.186 e. The highest BCUT2D eigenvalue weighted by molar-refractivity contribution is 7.66. The maximum atomic E-state index is 13.6. The van der Waals surface area contributed by atoms with Crippen LogP contribution in [0.15, 0.2) is 18.2 Å². The molecule has 2 rings (SSSR count). The lowest BCUT2D eigenvalue weighted by atomic mass is 9.95. The first-order chi connectivity index (χ1) is 16.3. The van der Waals surface area contributed by atoms with Gasteiger partial charge in [-0.3, -0.25) is 4.79 Å². The molecule has 0 fully saturated rings. The van der Waals surface area contributed by atoms with Gasteiger partial charge in [0.25, 0.3) is 0 Å². The molecular weight excluding hydrogens is 455 g/mol. The van der Waals surface area contributed by atoms with Crippen LogP contribution in [0.4, 0.5) is 0 Å². The number of carbonyl (C=O) groups is 1. The van der Waals surface area contributed by atoms with E-state index in [1.165, 1.54) is 5.56 Å². The Morgan fingerprint density at radius 3 is 1.68 bits per heavy atom. The largest absolute Gasteiger partial charge is 0.491 e. The Morgan fingerprint density at radius 1 is 0.676 bits per heavy atom. The summed E-state index contributed by atoms with van der Waals surface area (Å²) >= 11 is 0. The highest BCUT2D eigenvalue weighted by atomic mass is 31.1. The van der Waals surface area contributed by atoms with Gasteiger partial charge in [0, 0.05) is 39.0 Å². The third-order valence-corrected chi connectivity index (χ3v) is 6.73. The summed E-state index contributed by atoms with van der Waals surface area (Å²) in [7, 11) is 4.66. The number of hydrogen-bond donors (Lipinski definition) is 0. The molecule has 1 unspecified atom stereocenters. The minimum Gasteiger partial charge on any atom is -0.491 e. The van der Waals surface area contributed by atoms with Crippen molar-refractivity contribution in [3.63, 3.8) is 0 Å². The van der Waals surface area contributed by atoms with Crippen LogP contribution in [0.1, 0.15) is 32.6 Å². The Morgan fingerprint density at radius 2 is 1.18 bits per heavy atom. The van der Waals surface area contributed by atoms with Gasteiger partial charge in [0.05, 0.1) is 25.1 Å². The molecule has 0 saturated carbocycles. The average molecular weight is 493 g/mol. The van der Waals surface area contributed by atoms with Crippen LogP contribution < -0.4 is 19.5 Å². The molecule has 2 aromatic carbocycles. The summed E-state index contributed by atoms with van der Waals surface area (Å²) in [5.74, 6) is 1.67. The molecule has 0 aliphatic carbocycles. The third kappa shape index (κ3) is 7.67. The van der Waals surface area contributed by atoms with E-state index in [4.69, 9.17) is 28.4 Å². The molecule has 34 heavy (non-hydrogen) atoms. The molecule has 0 N–H and O–H groups in total. The molecule has 188 valence electrons. The molecule has 0 aromatic heterocycles. The van der Waals surface area contributed by atoms with E-state index in [0.717, 1.165) is 22.3 Å². The van der Waals surface area contributed by atoms with Crippen molar-refractivity contribution < 1.29 is 33.2 Å². The summed E-state index contributed by atoms with van der Waals surface area (Å²) in [5, 5.41) is 0.702. The maximum absolute atomic E-state index is 13.6. The Hall–Kier alpha value is -2.18. The van der Waals surface area contributed by atoms with E-state index in [1.54, 1.807) is 33.5 Å². The zero-order valence-corrected chi connectivity index (χ0v) is 22.3.